The molecule has 0 fully saturated rings. The third-order valence-electron chi connectivity index (χ3n) is 2.48. The lowest BCUT2D eigenvalue weighted by Gasteiger charge is -2.06. The van der Waals surface area contributed by atoms with Gasteiger partial charge in [-0.3, -0.25) is 10.1 Å². The summed E-state index contributed by atoms with van der Waals surface area (Å²) in [5, 5.41) is 10.6. The molecule has 2 rings (SSSR count). The van der Waals surface area contributed by atoms with Crippen molar-refractivity contribution in [2.45, 2.75) is 6.92 Å². The molecule has 1 aromatic heterocycles. The average Bonchev–Trinajstić information content (AvgIpc) is 2.33. The highest BCUT2D eigenvalue weighted by molar-refractivity contribution is 5.64. The fourth-order valence-corrected chi connectivity index (χ4v) is 1.63. The Bertz CT molecular complexity index is 629. The minimum atomic E-state index is -1.01. The first-order chi connectivity index (χ1) is 8.50. The maximum Gasteiger partial charge on any atom is 0.287 e. The van der Waals surface area contributed by atoms with E-state index in [1.165, 1.54) is 18.2 Å². The van der Waals surface area contributed by atoms with E-state index >= 15 is 0 Å². The van der Waals surface area contributed by atoms with Crippen molar-refractivity contribution in [3.63, 3.8) is 0 Å². The quantitative estimate of drug-likeness (QED) is 0.607. The molecule has 0 radical (unpaired) electrons. The van der Waals surface area contributed by atoms with Gasteiger partial charge < -0.3 is 0 Å². The van der Waals surface area contributed by atoms with Gasteiger partial charge in [0.1, 0.15) is 6.20 Å². The van der Waals surface area contributed by atoms with Gasteiger partial charge in [-0.1, -0.05) is 6.07 Å². The molecule has 0 bridgehead atoms. The van der Waals surface area contributed by atoms with Gasteiger partial charge in [0.25, 0.3) is 5.69 Å². The van der Waals surface area contributed by atoms with Gasteiger partial charge in [-0.25, -0.2) is 13.8 Å². The molecule has 0 aliphatic carbocycles. The van der Waals surface area contributed by atoms with Crippen LogP contribution in [0.25, 0.3) is 11.3 Å². The molecule has 0 atom stereocenters. The zero-order valence-corrected chi connectivity index (χ0v) is 9.35. The zero-order valence-electron chi connectivity index (χ0n) is 9.35. The number of benzene rings is 1. The lowest BCUT2D eigenvalue weighted by molar-refractivity contribution is -0.385. The fourth-order valence-electron chi connectivity index (χ4n) is 1.63. The lowest BCUT2D eigenvalue weighted by Crippen LogP contribution is -1.96. The van der Waals surface area contributed by atoms with Crippen LogP contribution in [0.1, 0.15) is 5.56 Å². The summed E-state index contributed by atoms with van der Waals surface area (Å²) >= 11 is 0. The first-order valence-electron chi connectivity index (χ1n) is 5.06. The molecule has 0 saturated carbocycles. The van der Waals surface area contributed by atoms with Crippen molar-refractivity contribution in [1.82, 2.24) is 4.98 Å². The number of aryl methyl sites for hydroxylation is 1. The predicted molar refractivity (Wildman–Crippen MR) is 61.0 cm³/mol. The van der Waals surface area contributed by atoms with E-state index < -0.39 is 16.6 Å². The van der Waals surface area contributed by atoms with Gasteiger partial charge in [-0.15, -0.1) is 0 Å². The Morgan fingerprint density at radius 3 is 2.67 bits per heavy atom. The van der Waals surface area contributed by atoms with Crippen LogP contribution < -0.4 is 0 Å². The van der Waals surface area contributed by atoms with Crippen LogP contribution in [0.15, 0.2) is 30.5 Å². The smallest absolute Gasteiger partial charge is 0.258 e. The first kappa shape index (κ1) is 12.1. The van der Waals surface area contributed by atoms with Crippen molar-refractivity contribution < 1.29 is 13.7 Å². The van der Waals surface area contributed by atoms with Gasteiger partial charge in [0.15, 0.2) is 11.6 Å². The van der Waals surface area contributed by atoms with Crippen molar-refractivity contribution in [2.75, 3.05) is 0 Å². The summed E-state index contributed by atoms with van der Waals surface area (Å²) in [5.74, 6) is -1.99. The van der Waals surface area contributed by atoms with E-state index in [1.807, 2.05) is 0 Å². The Labute approximate surface area is 101 Å². The summed E-state index contributed by atoms with van der Waals surface area (Å²) in [5.41, 5.74) is 0.404. The number of nitro groups is 1. The SMILES string of the molecule is Cc1cc([N+](=O)[O-])cnc1-c1cccc(F)c1F. The van der Waals surface area contributed by atoms with Crippen molar-refractivity contribution >= 4 is 5.69 Å². The van der Waals surface area contributed by atoms with Gasteiger partial charge >= 0.3 is 0 Å². The number of rotatable bonds is 2. The van der Waals surface area contributed by atoms with Crippen molar-refractivity contribution in [3.05, 3.63) is 57.8 Å². The van der Waals surface area contributed by atoms with Gasteiger partial charge in [-0.2, -0.15) is 0 Å². The van der Waals surface area contributed by atoms with Crippen LogP contribution in [-0.2, 0) is 0 Å². The molecule has 2 aromatic rings. The molecule has 4 nitrogen and oxygen atoms in total. The van der Waals surface area contributed by atoms with E-state index in [2.05, 4.69) is 4.98 Å². The van der Waals surface area contributed by atoms with Crippen molar-refractivity contribution in [3.8, 4) is 11.3 Å². The number of halogens is 2. The normalized spacial score (nSPS) is 10.4. The number of hydrogen-bond acceptors (Lipinski definition) is 3. The number of hydrogen-bond donors (Lipinski definition) is 0. The largest absolute Gasteiger partial charge is 0.287 e. The van der Waals surface area contributed by atoms with Crippen LogP contribution in [0.4, 0.5) is 14.5 Å². The van der Waals surface area contributed by atoms with E-state index in [4.69, 9.17) is 0 Å². The molecule has 6 heteroatoms. The highest BCUT2D eigenvalue weighted by Gasteiger charge is 2.15. The summed E-state index contributed by atoms with van der Waals surface area (Å²) in [7, 11) is 0. The second-order valence-corrected chi connectivity index (χ2v) is 3.72. The number of pyridine rings is 1. The minimum Gasteiger partial charge on any atom is -0.258 e. The Morgan fingerprint density at radius 2 is 2.06 bits per heavy atom. The monoisotopic (exact) mass is 250 g/mol. The third-order valence-corrected chi connectivity index (χ3v) is 2.48. The average molecular weight is 250 g/mol. The molecular formula is C12H8F2N2O2. The van der Waals surface area contributed by atoms with Gasteiger partial charge in [-0.05, 0) is 24.6 Å². The molecule has 0 amide bonds. The lowest BCUT2D eigenvalue weighted by atomic mass is 10.1. The van der Waals surface area contributed by atoms with Crippen LogP contribution in [0.5, 0.6) is 0 Å². The van der Waals surface area contributed by atoms with Crippen LogP contribution in [0.3, 0.4) is 0 Å². The van der Waals surface area contributed by atoms with Crippen LogP contribution in [0, 0.1) is 28.7 Å². The molecule has 0 aliphatic rings. The van der Waals surface area contributed by atoms with E-state index in [-0.39, 0.29) is 16.9 Å². The van der Waals surface area contributed by atoms with E-state index in [0.717, 1.165) is 12.3 Å². The molecule has 0 saturated heterocycles. The highest BCUT2D eigenvalue weighted by atomic mass is 19.2. The second kappa shape index (κ2) is 4.48. The fraction of sp³-hybridized carbons (Fsp3) is 0.0833. The molecule has 0 spiro atoms. The molecule has 0 N–H and O–H groups in total. The Morgan fingerprint density at radius 1 is 1.33 bits per heavy atom. The van der Waals surface area contributed by atoms with Gasteiger partial charge in [0.05, 0.1) is 10.6 Å². The second-order valence-electron chi connectivity index (χ2n) is 3.72. The summed E-state index contributed by atoms with van der Waals surface area (Å²) in [4.78, 5) is 13.8. The number of aromatic nitrogens is 1. The summed E-state index contributed by atoms with van der Waals surface area (Å²) in [6, 6.07) is 5.00. The molecule has 0 unspecified atom stereocenters. The maximum atomic E-state index is 13.6. The molecule has 92 valence electrons. The Balaban J connectivity index is 2.58. The summed E-state index contributed by atoms with van der Waals surface area (Å²) < 4.78 is 26.7. The molecule has 1 aromatic carbocycles. The Kier molecular flexibility index (Phi) is 3.01. The van der Waals surface area contributed by atoms with Crippen LogP contribution >= 0.6 is 0 Å². The molecule has 18 heavy (non-hydrogen) atoms. The van der Waals surface area contributed by atoms with Gasteiger partial charge in [0, 0.05) is 11.6 Å². The molecular weight excluding hydrogens is 242 g/mol. The zero-order chi connectivity index (χ0) is 13.3. The van der Waals surface area contributed by atoms with E-state index in [9.17, 15) is 18.9 Å². The predicted octanol–water partition coefficient (Wildman–Crippen LogP) is 3.24. The maximum absolute atomic E-state index is 13.6. The van der Waals surface area contributed by atoms with Crippen molar-refractivity contribution in [2.24, 2.45) is 0 Å². The van der Waals surface area contributed by atoms with Crippen molar-refractivity contribution in [1.29, 1.82) is 0 Å². The Hall–Kier alpha value is -2.37. The standard InChI is InChI=1S/C12H8F2N2O2/c1-7-5-8(16(17)18)6-15-12(7)9-3-2-4-10(13)11(9)14/h2-6H,1H3. The molecule has 0 aliphatic heterocycles. The summed E-state index contributed by atoms with van der Waals surface area (Å²) in [6.07, 6.45) is 1.02. The third kappa shape index (κ3) is 2.04. The molecule has 1 heterocycles. The van der Waals surface area contributed by atoms with Crippen LogP contribution in [-0.4, -0.2) is 9.91 Å². The van der Waals surface area contributed by atoms with E-state index in [0.29, 0.717) is 5.56 Å². The van der Waals surface area contributed by atoms with Gasteiger partial charge in [0.2, 0.25) is 0 Å². The summed E-state index contributed by atoms with van der Waals surface area (Å²) in [6.45, 7) is 1.56. The van der Waals surface area contributed by atoms with E-state index in [1.54, 1.807) is 6.92 Å². The minimum absolute atomic E-state index is 0.0117. The highest BCUT2D eigenvalue weighted by Crippen LogP contribution is 2.27. The topological polar surface area (TPSA) is 56.0 Å². The first-order valence-corrected chi connectivity index (χ1v) is 5.06. The number of nitrogens with zero attached hydrogens (tertiary/aromatic N) is 2. The van der Waals surface area contributed by atoms with Crippen LogP contribution in [0.2, 0.25) is 0 Å².